The third-order valence-corrected chi connectivity index (χ3v) is 9.96. The lowest BCUT2D eigenvalue weighted by atomic mass is 9.52. The van der Waals surface area contributed by atoms with Crippen molar-refractivity contribution in [1.29, 1.82) is 0 Å². The number of hydrogen-bond acceptors (Lipinski definition) is 8. The van der Waals surface area contributed by atoms with Crippen molar-refractivity contribution in [3.8, 4) is 0 Å². The Kier molecular flexibility index (Phi) is 2.94. The molecule has 0 aromatic rings. The lowest BCUT2D eigenvalue weighted by molar-refractivity contribution is -0.383. The molecule has 6 aliphatic rings. The van der Waals surface area contributed by atoms with Crippen molar-refractivity contribution >= 4 is 0 Å². The van der Waals surface area contributed by atoms with Crippen molar-refractivity contribution in [3.05, 3.63) is 12.2 Å². The predicted molar refractivity (Wildman–Crippen MR) is 94.6 cm³/mol. The summed E-state index contributed by atoms with van der Waals surface area (Å²) in [6.45, 7) is 9.88. The van der Waals surface area contributed by atoms with E-state index in [0.717, 1.165) is 0 Å². The van der Waals surface area contributed by atoms with E-state index in [-0.39, 0.29) is 24.8 Å². The highest BCUT2D eigenvalue weighted by atomic mass is 16.7. The van der Waals surface area contributed by atoms with Crippen LogP contribution in [0.5, 0.6) is 0 Å². The molecule has 2 aliphatic heterocycles. The lowest BCUT2D eigenvalue weighted by Gasteiger charge is -2.60. The summed E-state index contributed by atoms with van der Waals surface area (Å²) < 4.78 is 5.99. The fraction of sp³-hybridized carbons (Fsp3) is 0.900. The van der Waals surface area contributed by atoms with Crippen molar-refractivity contribution in [1.82, 2.24) is 0 Å². The monoisotopic (exact) mass is 398 g/mol. The Morgan fingerprint density at radius 1 is 1.07 bits per heavy atom. The predicted octanol–water partition coefficient (Wildman–Crippen LogP) is -1.46. The van der Waals surface area contributed by atoms with Crippen LogP contribution in [0.2, 0.25) is 0 Å². The van der Waals surface area contributed by atoms with Gasteiger partial charge in [0.2, 0.25) is 0 Å². The van der Waals surface area contributed by atoms with E-state index in [1.165, 1.54) is 13.8 Å². The van der Waals surface area contributed by atoms with Crippen LogP contribution in [0, 0.1) is 16.7 Å². The summed E-state index contributed by atoms with van der Waals surface area (Å²) in [7, 11) is 0. The molecule has 4 saturated carbocycles. The lowest BCUT2D eigenvalue weighted by Crippen LogP contribution is -2.74. The third kappa shape index (κ3) is 1.10. The molecule has 0 aromatic heterocycles. The van der Waals surface area contributed by atoms with Crippen LogP contribution in [0.3, 0.4) is 0 Å². The summed E-state index contributed by atoms with van der Waals surface area (Å²) >= 11 is 0. The highest BCUT2D eigenvalue weighted by molar-refractivity contribution is 5.57. The van der Waals surface area contributed by atoms with Gasteiger partial charge in [-0.2, -0.15) is 0 Å². The fourth-order valence-corrected chi connectivity index (χ4v) is 8.54. The van der Waals surface area contributed by atoms with E-state index < -0.39 is 62.7 Å². The van der Waals surface area contributed by atoms with Gasteiger partial charge in [0.1, 0.15) is 34.6 Å². The van der Waals surface area contributed by atoms with E-state index in [0.29, 0.717) is 0 Å². The number of aliphatic hydroxyl groups is 7. The summed E-state index contributed by atoms with van der Waals surface area (Å²) in [4.78, 5) is 0. The number of rotatable bonds is 1. The molecule has 28 heavy (non-hydrogen) atoms. The van der Waals surface area contributed by atoms with Gasteiger partial charge in [-0.1, -0.05) is 27.4 Å². The Hall–Kier alpha value is -0.580. The first-order valence-corrected chi connectivity index (χ1v) is 9.91. The van der Waals surface area contributed by atoms with Gasteiger partial charge in [-0.15, -0.1) is 0 Å². The molecule has 6 fully saturated rings. The summed E-state index contributed by atoms with van der Waals surface area (Å²) in [6.07, 6.45) is -3.59. The molecule has 6 bridgehead atoms. The molecule has 4 aliphatic carbocycles. The molecule has 0 radical (unpaired) electrons. The Balaban J connectivity index is 1.98. The van der Waals surface area contributed by atoms with Crippen LogP contribution in [0.1, 0.15) is 47.0 Å². The van der Waals surface area contributed by atoms with Gasteiger partial charge in [-0.05, 0) is 31.3 Å². The summed E-state index contributed by atoms with van der Waals surface area (Å²) in [6, 6.07) is 0. The average Bonchev–Trinajstić information content (AvgIpc) is 2.84. The topological polar surface area (TPSA) is 151 Å². The van der Waals surface area contributed by atoms with Gasteiger partial charge in [0.05, 0.1) is 5.41 Å². The molecular formula is C20H30O8. The van der Waals surface area contributed by atoms with Crippen LogP contribution >= 0.6 is 0 Å². The minimum absolute atomic E-state index is 0.0169. The average molecular weight is 398 g/mol. The first-order chi connectivity index (χ1) is 12.6. The standard InChI is InChI=1S/C20H30O8/c1-9(2)17(25)12(22)18(26)13(4)8-16(24)14(17,5)20(18,27)19(28-16)11(21)10(3)6-7-15(13,19)23/h9,11-12,21-27H,3,6-8H2,1-2,4-5H3/t11?,12-,13?,14+,15+,16?,17-,18-,19?,20-/m1/s1. The van der Waals surface area contributed by atoms with Crippen LogP contribution < -0.4 is 0 Å². The molecule has 0 aromatic carbocycles. The second-order valence-corrected chi connectivity index (χ2v) is 10.5. The maximum atomic E-state index is 12.3. The van der Waals surface area contributed by atoms with Crippen LogP contribution in [-0.2, 0) is 4.74 Å². The van der Waals surface area contributed by atoms with E-state index >= 15 is 0 Å². The summed E-state index contributed by atoms with van der Waals surface area (Å²) in [5.41, 5.74) is -14.8. The molecule has 2 heterocycles. The van der Waals surface area contributed by atoms with Crippen molar-refractivity contribution < 1.29 is 40.5 Å². The quantitative estimate of drug-likeness (QED) is 0.265. The molecule has 6 rings (SSSR count). The smallest absolute Gasteiger partial charge is 0.178 e. The Morgan fingerprint density at radius 3 is 2.18 bits per heavy atom. The largest absolute Gasteiger partial charge is 0.387 e. The zero-order chi connectivity index (χ0) is 21.1. The highest BCUT2D eigenvalue weighted by Gasteiger charge is 3.09. The maximum absolute atomic E-state index is 12.3. The fourth-order valence-electron chi connectivity index (χ4n) is 8.54. The summed E-state index contributed by atoms with van der Waals surface area (Å²) in [5.74, 6) is -2.90. The van der Waals surface area contributed by atoms with Gasteiger partial charge in [0.25, 0.3) is 0 Å². The first-order valence-electron chi connectivity index (χ1n) is 9.91. The van der Waals surface area contributed by atoms with Gasteiger partial charge < -0.3 is 40.5 Å². The van der Waals surface area contributed by atoms with E-state index in [1.54, 1.807) is 13.8 Å². The second-order valence-electron chi connectivity index (χ2n) is 10.5. The molecule has 4 unspecified atom stereocenters. The SMILES string of the molecule is C=C1CC[C@@]2(O)C3(OC4(O)CC2(C)[C@]2(O)[C@H](O)[C@](O)(C(C)C)[C@@]4(C)[C@]32O)C1O. The van der Waals surface area contributed by atoms with E-state index in [4.69, 9.17) is 4.74 Å². The van der Waals surface area contributed by atoms with E-state index in [1.807, 2.05) is 0 Å². The molecule has 0 amide bonds. The van der Waals surface area contributed by atoms with Crippen molar-refractivity contribution in [2.45, 2.75) is 93.0 Å². The Labute approximate surface area is 163 Å². The molecule has 8 heteroatoms. The zero-order valence-corrected chi connectivity index (χ0v) is 16.6. The van der Waals surface area contributed by atoms with E-state index in [2.05, 4.69) is 6.58 Å². The van der Waals surface area contributed by atoms with Gasteiger partial charge >= 0.3 is 0 Å². The van der Waals surface area contributed by atoms with Gasteiger partial charge in [-0.25, -0.2) is 0 Å². The highest BCUT2D eigenvalue weighted by Crippen LogP contribution is 2.90. The molecule has 158 valence electrons. The van der Waals surface area contributed by atoms with Crippen molar-refractivity contribution in [2.24, 2.45) is 16.7 Å². The third-order valence-electron chi connectivity index (χ3n) is 9.96. The number of ether oxygens (including phenoxy) is 1. The Bertz CT molecular complexity index is 831. The molecule has 8 nitrogen and oxygen atoms in total. The minimum atomic E-state index is -2.55. The molecular weight excluding hydrogens is 368 g/mol. The van der Waals surface area contributed by atoms with Gasteiger partial charge in [0, 0.05) is 11.8 Å². The van der Waals surface area contributed by atoms with Gasteiger partial charge in [-0.3, -0.25) is 0 Å². The van der Waals surface area contributed by atoms with Crippen LogP contribution in [0.15, 0.2) is 12.2 Å². The zero-order valence-electron chi connectivity index (χ0n) is 16.6. The van der Waals surface area contributed by atoms with Crippen LogP contribution in [-0.4, -0.2) is 81.7 Å². The molecule has 7 N–H and O–H groups in total. The molecule has 10 atom stereocenters. The minimum Gasteiger partial charge on any atom is -0.387 e. The van der Waals surface area contributed by atoms with Crippen molar-refractivity contribution in [3.63, 3.8) is 0 Å². The summed E-state index contributed by atoms with van der Waals surface area (Å²) in [5, 5.41) is 82.0. The second kappa shape index (κ2) is 4.24. The number of hydrogen-bond donors (Lipinski definition) is 7. The first kappa shape index (κ1) is 19.4. The Morgan fingerprint density at radius 2 is 1.64 bits per heavy atom. The maximum Gasteiger partial charge on any atom is 0.178 e. The molecule has 1 spiro atoms. The van der Waals surface area contributed by atoms with Crippen LogP contribution in [0.4, 0.5) is 0 Å². The molecule has 2 saturated heterocycles. The number of aliphatic hydroxyl groups excluding tert-OH is 2. The normalized spacial score (nSPS) is 69.5. The van der Waals surface area contributed by atoms with Crippen molar-refractivity contribution in [2.75, 3.05) is 0 Å². The van der Waals surface area contributed by atoms with Gasteiger partial charge in [0.15, 0.2) is 11.4 Å². The van der Waals surface area contributed by atoms with Crippen LogP contribution in [0.25, 0.3) is 0 Å². The van der Waals surface area contributed by atoms with E-state index in [9.17, 15) is 35.7 Å².